The molecule has 17 heteroatoms. The molecule has 1 aliphatic rings. The predicted octanol–water partition coefficient (Wildman–Crippen LogP) is 3.82. The molecule has 0 aliphatic heterocycles. The molecule has 1 aromatic heterocycles. The number of nitrogens with two attached hydrogens (primary N) is 2. The van der Waals surface area contributed by atoms with E-state index in [9.17, 15) is 24.3 Å². The molecule has 4 amide bonds. The number of alkyl carbamates (subject to hydrolysis) is 1. The lowest BCUT2D eigenvalue weighted by molar-refractivity contribution is -0.134. The summed E-state index contributed by atoms with van der Waals surface area (Å²) in [5, 5.41) is 32.9. The molecule has 0 spiro atoms. The average molecular weight is 758 g/mol. The summed E-state index contributed by atoms with van der Waals surface area (Å²) in [6.07, 6.45) is 5.25. The van der Waals surface area contributed by atoms with Crippen molar-refractivity contribution in [3.63, 3.8) is 0 Å². The Hall–Kier alpha value is -5.09. The van der Waals surface area contributed by atoms with E-state index in [1.165, 1.54) is 19.3 Å². The predicted molar refractivity (Wildman–Crippen MR) is 200 cm³/mol. The van der Waals surface area contributed by atoms with Crippen molar-refractivity contribution in [2.45, 2.75) is 135 Å². The van der Waals surface area contributed by atoms with Gasteiger partial charge in [-0.1, -0.05) is 37.3 Å². The summed E-state index contributed by atoms with van der Waals surface area (Å²) < 4.78 is 16.2. The van der Waals surface area contributed by atoms with E-state index < -0.39 is 47.8 Å². The molecular formula is C37H59N9O8. The maximum absolute atomic E-state index is 14.3. The number of phenolic OH excluding ortho intramolecular Hbond substituents is 1. The van der Waals surface area contributed by atoms with Crippen molar-refractivity contribution in [2.24, 2.45) is 17.4 Å². The number of amides is 4. The SMILES string of the molecule is Cc1cc(O)cc(C)c1CC(NC(=O)C(CCCNC(=N)N)OC(N)=O)C(=O)NC(CCCCNC(=O)OC(C)(C)C)c1nc(CC2CCCCC2)no1. The van der Waals surface area contributed by atoms with Crippen molar-refractivity contribution in [3.8, 4) is 5.75 Å². The molecule has 1 saturated carbocycles. The Balaban J connectivity index is 1.84. The third-order valence-corrected chi connectivity index (χ3v) is 9.11. The molecule has 3 unspecified atom stereocenters. The molecule has 300 valence electrons. The lowest BCUT2D eigenvalue weighted by atomic mass is 9.87. The van der Waals surface area contributed by atoms with Crippen LogP contribution in [0.4, 0.5) is 9.59 Å². The fraction of sp³-hybridized carbons (Fsp3) is 0.649. The summed E-state index contributed by atoms with van der Waals surface area (Å²) in [5.74, 6) is -0.244. The van der Waals surface area contributed by atoms with Crippen LogP contribution in [0.15, 0.2) is 16.7 Å². The number of ether oxygens (including phenoxy) is 2. The van der Waals surface area contributed by atoms with Crippen molar-refractivity contribution in [1.82, 2.24) is 31.4 Å². The second-order valence-electron chi connectivity index (χ2n) is 15.0. The number of aryl methyl sites for hydroxylation is 2. The zero-order valence-corrected chi connectivity index (χ0v) is 32.2. The number of unbranched alkanes of at least 4 members (excludes halogenated alkanes) is 1. The van der Waals surface area contributed by atoms with Gasteiger partial charge in [-0.15, -0.1) is 0 Å². The number of nitrogens with zero attached hydrogens (tertiary/aromatic N) is 2. The normalized spacial score (nSPS) is 15.0. The number of hydrogen-bond acceptors (Lipinski definition) is 11. The summed E-state index contributed by atoms with van der Waals surface area (Å²) in [4.78, 5) is 56.5. The van der Waals surface area contributed by atoms with Crippen molar-refractivity contribution in [2.75, 3.05) is 13.1 Å². The van der Waals surface area contributed by atoms with Gasteiger partial charge in [0.05, 0.1) is 0 Å². The Morgan fingerprint density at radius 1 is 0.963 bits per heavy atom. The lowest BCUT2D eigenvalue weighted by Gasteiger charge is -2.25. The van der Waals surface area contributed by atoms with E-state index in [2.05, 4.69) is 31.4 Å². The Morgan fingerprint density at radius 3 is 2.26 bits per heavy atom. The minimum Gasteiger partial charge on any atom is -0.508 e. The number of aromatic nitrogens is 2. The summed E-state index contributed by atoms with van der Waals surface area (Å²) in [6.45, 7) is 9.51. The van der Waals surface area contributed by atoms with Gasteiger partial charge in [-0.25, -0.2) is 9.59 Å². The molecule has 54 heavy (non-hydrogen) atoms. The van der Waals surface area contributed by atoms with Gasteiger partial charge < -0.3 is 51.8 Å². The summed E-state index contributed by atoms with van der Waals surface area (Å²) in [7, 11) is 0. The maximum atomic E-state index is 14.3. The van der Waals surface area contributed by atoms with Crippen LogP contribution in [0.1, 0.15) is 119 Å². The highest BCUT2D eigenvalue weighted by molar-refractivity contribution is 5.90. The third-order valence-electron chi connectivity index (χ3n) is 9.11. The van der Waals surface area contributed by atoms with Crippen LogP contribution < -0.4 is 32.7 Å². The van der Waals surface area contributed by atoms with Crippen molar-refractivity contribution in [3.05, 3.63) is 40.5 Å². The highest BCUT2D eigenvalue weighted by Crippen LogP contribution is 2.27. The number of nitrogens with one attached hydrogen (secondary N) is 5. The molecule has 17 nitrogen and oxygen atoms in total. The van der Waals surface area contributed by atoms with Gasteiger partial charge in [0.2, 0.25) is 11.8 Å². The maximum Gasteiger partial charge on any atom is 0.407 e. The monoisotopic (exact) mass is 757 g/mol. The first-order valence-corrected chi connectivity index (χ1v) is 18.7. The van der Waals surface area contributed by atoms with Crippen LogP contribution in [0.25, 0.3) is 0 Å². The zero-order valence-electron chi connectivity index (χ0n) is 32.2. The van der Waals surface area contributed by atoms with Gasteiger partial charge in [0.1, 0.15) is 23.4 Å². The van der Waals surface area contributed by atoms with Crippen molar-refractivity contribution < 1.29 is 38.3 Å². The molecule has 1 aliphatic carbocycles. The van der Waals surface area contributed by atoms with Crippen molar-refractivity contribution >= 4 is 30.0 Å². The standard InChI is InChI=1S/C37H59N9O8/c1-22-18-25(47)19-23(2)26(22)21-28(44-32(49)29(52-35(40)50)15-11-17-41-34(38)39)31(48)43-27(14-9-10-16-42-36(51)53-37(3,4)5)33-45-30(46-54-33)20-24-12-7-6-8-13-24/h18-19,24,27-29,47H,6-17,20-21H2,1-5H3,(H2,40,50)(H,42,51)(H,43,48)(H,44,49)(H4,38,39,41). The van der Waals surface area contributed by atoms with Gasteiger partial charge in [0.25, 0.3) is 5.91 Å². The fourth-order valence-electron chi connectivity index (χ4n) is 6.51. The van der Waals surface area contributed by atoms with Gasteiger partial charge in [-0.2, -0.15) is 4.98 Å². The molecule has 0 radical (unpaired) electrons. The van der Waals surface area contributed by atoms with E-state index in [1.807, 2.05) is 0 Å². The Kier molecular flexibility index (Phi) is 16.8. The Bertz CT molecular complexity index is 1550. The minimum absolute atomic E-state index is 0.0341. The van der Waals surface area contributed by atoms with Gasteiger partial charge in [-0.3, -0.25) is 15.0 Å². The summed E-state index contributed by atoms with van der Waals surface area (Å²) in [6, 6.07) is 1.24. The van der Waals surface area contributed by atoms with E-state index in [0.717, 1.165) is 18.4 Å². The van der Waals surface area contributed by atoms with Crippen LogP contribution in [0.2, 0.25) is 0 Å². The quantitative estimate of drug-likeness (QED) is 0.0577. The number of benzene rings is 1. The molecular weight excluding hydrogens is 698 g/mol. The number of rotatable bonds is 19. The number of carbonyl (C=O) groups is 4. The largest absolute Gasteiger partial charge is 0.508 e. The lowest BCUT2D eigenvalue weighted by Crippen LogP contribution is -2.52. The molecule has 2 aromatic rings. The van der Waals surface area contributed by atoms with Crippen LogP contribution in [0.5, 0.6) is 5.75 Å². The third kappa shape index (κ3) is 15.5. The molecule has 0 saturated heterocycles. The van der Waals surface area contributed by atoms with Crippen molar-refractivity contribution in [1.29, 1.82) is 5.41 Å². The van der Waals surface area contributed by atoms with E-state index in [0.29, 0.717) is 61.5 Å². The highest BCUT2D eigenvalue weighted by atomic mass is 16.6. The summed E-state index contributed by atoms with van der Waals surface area (Å²) >= 11 is 0. The van der Waals surface area contributed by atoms with E-state index in [4.69, 9.17) is 30.9 Å². The molecule has 10 N–H and O–H groups in total. The Morgan fingerprint density at radius 2 is 1.63 bits per heavy atom. The Labute approximate surface area is 316 Å². The van der Waals surface area contributed by atoms with Gasteiger partial charge >= 0.3 is 12.2 Å². The molecule has 3 atom stereocenters. The number of carbonyl (C=O) groups excluding carboxylic acids is 4. The fourth-order valence-corrected chi connectivity index (χ4v) is 6.51. The van der Waals surface area contributed by atoms with Gasteiger partial charge in [0.15, 0.2) is 17.9 Å². The second kappa shape index (κ2) is 21.0. The highest BCUT2D eigenvalue weighted by Gasteiger charge is 2.31. The number of guanidine groups is 1. The van der Waals surface area contributed by atoms with Crippen LogP contribution in [0.3, 0.4) is 0 Å². The summed E-state index contributed by atoms with van der Waals surface area (Å²) in [5.41, 5.74) is 12.1. The van der Waals surface area contributed by atoms with Crippen LogP contribution >= 0.6 is 0 Å². The second-order valence-corrected chi connectivity index (χ2v) is 15.0. The first-order chi connectivity index (χ1) is 25.5. The first-order valence-electron chi connectivity index (χ1n) is 18.7. The van der Waals surface area contributed by atoms with Gasteiger partial charge in [0, 0.05) is 25.9 Å². The van der Waals surface area contributed by atoms with Gasteiger partial charge in [-0.05, 0) is 101 Å². The smallest absolute Gasteiger partial charge is 0.407 e. The van der Waals surface area contributed by atoms with E-state index >= 15 is 0 Å². The van der Waals surface area contributed by atoms with Crippen LogP contribution in [-0.2, 0) is 31.9 Å². The van der Waals surface area contributed by atoms with E-state index in [-0.39, 0.29) is 37.0 Å². The van der Waals surface area contributed by atoms with Crippen LogP contribution in [0, 0.1) is 25.2 Å². The molecule has 3 rings (SSSR count). The molecule has 0 bridgehead atoms. The first kappa shape index (κ1) is 43.3. The van der Waals surface area contributed by atoms with E-state index in [1.54, 1.807) is 46.8 Å². The zero-order chi connectivity index (χ0) is 39.8. The average Bonchev–Trinajstić information content (AvgIpc) is 3.53. The molecule has 1 aromatic carbocycles. The molecule has 1 heterocycles. The number of primary amides is 1. The minimum atomic E-state index is -1.33. The molecule has 1 fully saturated rings. The number of hydrogen-bond donors (Lipinski definition) is 8. The number of phenols is 1. The van der Waals surface area contributed by atoms with Crippen LogP contribution in [-0.4, -0.2) is 76.0 Å². The topological polar surface area (TPSA) is 270 Å². The number of aromatic hydroxyl groups is 1.